The highest BCUT2D eigenvalue weighted by atomic mass is 32.2. The first-order valence-corrected chi connectivity index (χ1v) is 14.2. The van der Waals surface area contributed by atoms with E-state index in [2.05, 4.69) is 25.4 Å². The maximum absolute atomic E-state index is 14.1. The number of nitrogens with one attached hydrogen (secondary N) is 1. The molecule has 3 heterocycles. The molecule has 234 valence electrons. The Balaban J connectivity index is 1.41. The summed E-state index contributed by atoms with van der Waals surface area (Å²) < 4.78 is 81.8. The number of carbonyl (C=O) groups excluding carboxylic acids is 2. The Labute approximate surface area is 256 Å². The number of anilines is 2. The molecule has 0 bridgehead atoms. The van der Waals surface area contributed by atoms with E-state index in [1.54, 1.807) is 6.07 Å². The number of hydrogen-bond donors (Lipinski definition) is 1. The van der Waals surface area contributed by atoms with E-state index in [1.165, 1.54) is 11.0 Å². The lowest BCUT2D eigenvalue weighted by atomic mass is 9.99. The molecule has 1 saturated heterocycles. The van der Waals surface area contributed by atoms with Crippen molar-refractivity contribution < 1.29 is 35.9 Å². The third-order valence-corrected chi connectivity index (χ3v) is 7.56. The van der Waals surface area contributed by atoms with Gasteiger partial charge in [-0.05, 0) is 60.4 Å². The van der Waals surface area contributed by atoms with Gasteiger partial charge in [-0.3, -0.25) is 9.69 Å². The normalized spacial score (nSPS) is 14.9. The number of carbonyl (C=O) groups is 2. The van der Waals surface area contributed by atoms with E-state index in [9.17, 15) is 35.9 Å². The third-order valence-electron chi connectivity index (χ3n) is 6.64. The minimum Gasteiger partial charge on any atom is -0.305 e. The Morgan fingerprint density at radius 1 is 1.00 bits per heavy atom. The zero-order valence-corrected chi connectivity index (χ0v) is 24.6. The highest BCUT2D eigenvalue weighted by molar-refractivity contribution is 8.15. The molecule has 1 N–H and O–H groups in total. The lowest BCUT2D eigenvalue weighted by Gasteiger charge is -2.22. The summed E-state index contributed by atoms with van der Waals surface area (Å²) in [5, 5.41) is 6.23. The van der Waals surface area contributed by atoms with E-state index in [4.69, 9.17) is 0 Å². The average Bonchev–Trinajstić information content (AvgIpc) is 3.59. The van der Waals surface area contributed by atoms with Crippen molar-refractivity contribution in [3.8, 4) is 17.2 Å². The first-order chi connectivity index (χ1) is 21.1. The van der Waals surface area contributed by atoms with Crippen molar-refractivity contribution in [3.63, 3.8) is 0 Å². The molecule has 5 rings (SSSR count). The molecule has 9 nitrogen and oxygen atoms in total. The van der Waals surface area contributed by atoms with Crippen LogP contribution in [0, 0.1) is 6.92 Å². The summed E-state index contributed by atoms with van der Waals surface area (Å²) in [7, 11) is 0. The van der Waals surface area contributed by atoms with Gasteiger partial charge in [-0.2, -0.15) is 31.3 Å². The van der Waals surface area contributed by atoms with Crippen LogP contribution in [0.2, 0.25) is 0 Å². The Morgan fingerprint density at radius 2 is 1.76 bits per heavy atom. The van der Waals surface area contributed by atoms with E-state index in [1.807, 2.05) is 32.9 Å². The third kappa shape index (κ3) is 6.84. The van der Waals surface area contributed by atoms with E-state index in [0.29, 0.717) is 11.9 Å². The number of urea groups is 1. The number of alkyl halides is 6. The number of aromatic nitrogens is 4. The van der Waals surface area contributed by atoms with Crippen molar-refractivity contribution in [2.75, 3.05) is 16.0 Å². The summed E-state index contributed by atoms with van der Waals surface area (Å²) in [5.41, 5.74) is -0.622. The van der Waals surface area contributed by atoms with E-state index >= 15 is 0 Å². The van der Waals surface area contributed by atoms with Gasteiger partial charge in [-0.15, -0.1) is 5.10 Å². The fourth-order valence-electron chi connectivity index (χ4n) is 4.47. The van der Waals surface area contributed by atoms with Gasteiger partial charge in [0.05, 0.1) is 28.3 Å². The van der Waals surface area contributed by atoms with Gasteiger partial charge in [0.1, 0.15) is 6.33 Å². The molecule has 45 heavy (non-hydrogen) atoms. The van der Waals surface area contributed by atoms with Crippen molar-refractivity contribution in [1.82, 2.24) is 19.7 Å². The molecule has 2 aromatic heterocycles. The molecule has 0 unspecified atom stereocenters. The van der Waals surface area contributed by atoms with E-state index in [0.717, 1.165) is 58.2 Å². The van der Waals surface area contributed by atoms with Crippen LogP contribution in [0.4, 0.5) is 42.5 Å². The quantitative estimate of drug-likeness (QED) is 0.226. The van der Waals surface area contributed by atoms with Crippen molar-refractivity contribution in [2.24, 2.45) is 4.99 Å². The molecule has 0 aliphatic carbocycles. The highest BCUT2D eigenvalue weighted by Crippen LogP contribution is 2.38. The predicted octanol–water partition coefficient (Wildman–Crippen LogP) is 7.47. The number of hydrogen-bond acceptors (Lipinski definition) is 6. The second-order valence-corrected chi connectivity index (χ2v) is 11.2. The van der Waals surface area contributed by atoms with Gasteiger partial charge in [-0.25, -0.2) is 19.4 Å². The Hall–Kier alpha value is -4.73. The predicted molar refractivity (Wildman–Crippen MR) is 156 cm³/mol. The summed E-state index contributed by atoms with van der Waals surface area (Å²) in [4.78, 5) is 38.6. The average molecular weight is 648 g/mol. The standard InChI is InChI=1S/C29H23F6N7O2S/c1-15(2)19-7-4-16(3)10-22(19)42-24(43)13-45-27(42)39-26(44)38-21-8-5-17(11-20(21)29(33,34)35)25-37-14-41(40-25)23-9-6-18(12-36-23)28(30,31)32/h4-12,14-15H,13H2,1-3H3,(H,38,44)/b39-27-. The fraction of sp³-hybridized carbons (Fsp3) is 0.241. The minimum atomic E-state index is -4.92. The number of thioether (sulfide) groups is 1. The van der Waals surface area contributed by atoms with Crippen LogP contribution in [0.5, 0.6) is 0 Å². The molecule has 2 aromatic carbocycles. The SMILES string of the molecule is Cc1ccc(C(C)C)c(N2C(=O)CS/C2=N\C(=O)Nc2ccc(-c3ncn(-c4ccc(C(F)(F)F)cn4)n3)cc2C(F)(F)F)c1. The van der Waals surface area contributed by atoms with Crippen LogP contribution >= 0.6 is 11.8 Å². The molecule has 3 amide bonds. The molecule has 0 spiro atoms. The minimum absolute atomic E-state index is 0.00171. The summed E-state index contributed by atoms with van der Waals surface area (Å²) in [6, 6.07) is 9.24. The summed E-state index contributed by atoms with van der Waals surface area (Å²) in [5.74, 6) is -0.492. The molecule has 1 aliphatic rings. The molecule has 0 atom stereocenters. The molecule has 1 fully saturated rings. The van der Waals surface area contributed by atoms with Crippen LogP contribution in [0.1, 0.15) is 42.0 Å². The van der Waals surface area contributed by atoms with Crippen LogP contribution < -0.4 is 10.2 Å². The molecule has 0 radical (unpaired) electrons. The van der Waals surface area contributed by atoms with Gasteiger partial charge in [0.25, 0.3) is 0 Å². The number of aliphatic imine (C=N–C) groups is 1. The number of amides is 3. The smallest absolute Gasteiger partial charge is 0.305 e. The maximum atomic E-state index is 14.1. The zero-order chi connectivity index (χ0) is 32.7. The number of nitrogens with zero attached hydrogens (tertiary/aromatic N) is 6. The topological polar surface area (TPSA) is 105 Å². The first-order valence-electron chi connectivity index (χ1n) is 13.2. The molecular formula is C29H23F6N7O2S. The highest BCUT2D eigenvalue weighted by Gasteiger charge is 2.36. The number of rotatable bonds is 5. The van der Waals surface area contributed by atoms with E-state index in [-0.39, 0.29) is 40.0 Å². The monoisotopic (exact) mass is 647 g/mol. The van der Waals surface area contributed by atoms with Crippen molar-refractivity contribution in [1.29, 1.82) is 0 Å². The molecule has 0 saturated carbocycles. The van der Waals surface area contributed by atoms with E-state index < -0.39 is 35.2 Å². The second kappa shape index (κ2) is 12.0. The Kier molecular flexibility index (Phi) is 8.44. The molecule has 1 aliphatic heterocycles. The second-order valence-electron chi connectivity index (χ2n) is 10.2. The first kappa shape index (κ1) is 31.7. The van der Waals surface area contributed by atoms with Gasteiger partial charge in [0, 0.05) is 11.8 Å². The van der Waals surface area contributed by atoms with Crippen molar-refractivity contribution in [2.45, 2.75) is 39.0 Å². The number of benzene rings is 2. The lowest BCUT2D eigenvalue weighted by Crippen LogP contribution is -2.31. The van der Waals surface area contributed by atoms with Crippen LogP contribution in [0.3, 0.4) is 0 Å². The molecular weight excluding hydrogens is 624 g/mol. The molecule has 16 heteroatoms. The van der Waals surface area contributed by atoms with Gasteiger partial charge in [0.2, 0.25) is 5.91 Å². The number of pyridine rings is 1. The maximum Gasteiger partial charge on any atom is 0.418 e. The van der Waals surface area contributed by atoms with Gasteiger partial charge >= 0.3 is 18.4 Å². The summed E-state index contributed by atoms with van der Waals surface area (Å²) in [6.45, 7) is 5.73. The largest absolute Gasteiger partial charge is 0.418 e. The fourth-order valence-corrected chi connectivity index (χ4v) is 5.33. The number of aryl methyl sites for hydroxylation is 1. The number of amidine groups is 1. The molecule has 4 aromatic rings. The zero-order valence-electron chi connectivity index (χ0n) is 23.7. The van der Waals surface area contributed by atoms with Gasteiger partial charge < -0.3 is 5.32 Å². The van der Waals surface area contributed by atoms with Gasteiger partial charge in [-0.1, -0.05) is 37.7 Å². The lowest BCUT2D eigenvalue weighted by molar-refractivity contribution is -0.138. The van der Waals surface area contributed by atoms with Gasteiger partial charge in [0.15, 0.2) is 16.8 Å². The van der Waals surface area contributed by atoms with Crippen LogP contribution in [-0.4, -0.2) is 42.6 Å². The Bertz CT molecular complexity index is 1800. The van der Waals surface area contributed by atoms with Crippen molar-refractivity contribution >= 4 is 40.2 Å². The van der Waals surface area contributed by atoms with Crippen LogP contribution in [-0.2, 0) is 17.1 Å². The van der Waals surface area contributed by atoms with Crippen LogP contribution in [0.25, 0.3) is 17.2 Å². The van der Waals surface area contributed by atoms with Crippen molar-refractivity contribution in [3.05, 3.63) is 83.3 Å². The van der Waals surface area contributed by atoms with Crippen LogP contribution in [0.15, 0.2) is 66.0 Å². The number of halogens is 6. The summed E-state index contributed by atoms with van der Waals surface area (Å²) >= 11 is 0.994. The summed E-state index contributed by atoms with van der Waals surface area (Å²) in [6.07, 6.45) is -7.82. The Morgan fingerprint density at radius 3 is 2.40 bits per heavy atom.